The van der Waals surface area contributed by atoms with E-state index in [1.165, 1.54) is 21.9 Å². The van der Waals surface area contributed by atoms with Gasteiger partial charge in [0.05, 0.1) is 6.42 Å². The topological polar surface area (TPSA) is 29.5 Å². The van der Waals surface area contributed by atoms with Crippen LogP contribution in [0.15, 0.2) is 66.7 Å². The minimum absolute atomic E-state index is 0.0576. The molecule has 0 amide bonds. The molecule has 1 aliphatic carbocycles. The maximum Gasteiger partial charge on any atom is 0.310 e. The Morgan fingerprint density at radius 3 is 2.23 bits per heavy atom. The number of ether oxygens (including phenoxy) is 1. The summed E-state index contributed by atoms with van der Waals surface area (Å²) in [6, 6.07) is 23.5. The van der Waals surface area contributed by atoms with Crippen LogP contribution in [0.25, 0.3) is 10.8 Å². The molecule has 156 valence electrons. The summed E-state index contributed by atoms with van der Waals surface area (Å²) < 4.78 is 5.81. The first-order chi connectivity index (χ1) is 14.6. The van der Waals surface area contributed by atoms with Crippen molar-refractivity contribution in [2.45, 2.75) is 50.7 Å². The summed E-state index contributed by atoms with van der Waals surface area (Å²) in [6.45, 7) is 0.972. The lowest BCUT2D eigenvalue weighted by Gasteiger charge is -2.28. The molecule has 1 saturated carbocycles. The minimum atomic E-state index is -0.109. The van der Waals surface area contributed by atoms with Crippen molar-refractivity contribution in [3.05, 3.63) is 83.4 Å². The molecule has 3 heteroatoms. The molecular formula is C27H31NO2. The highest BCUT2D eigenvalue weighted by Crippen LogP contribution is 2.34. The summed E-state index contributed by atoms with van der Waals surface area (Å²) in [6.07, 6.45) is 4.48. The number of hydrogen-bond donors (Lipinski definition) is 0. The van der Waals surface area contributed by atoms with Gasteiger partial charge in [0, 0.05) is 6.54 Å². The predicted molar refractivity (Wildman–Crippen MR) is 123 cm³/mol. The molecule has 30 heavy (non-hydrogen) atoms. The van der Waals surface area contributed by atoms with Crippen molar-refractivity contribution in [2.24, 2.45) is 0 Å². The summed E-state index contributed by atoms with van der Waals surface area (Å²) >= 11 is 0. The molecule has 3 aromatic rings. The second-order valence-electron chi connectivity index (χ2n) is 8.80. The van der Waals surface area contributed by atoms with Gasteiger partial charge in [-0.1, -0.05) is 66.7 Å². The Morgan fingerprint density at radius 2 is 1.53 bits per heavy atom. The van der Waals surface area contributed by atoms with E-state index in [2.05, 4.69) is 67.5 Å². The average molecular weight is 402 g/mol. The Labute approximate surface area is 179 Å². The van der Waals surface area contributed by atoms with Crippen LogP contribution < -0.4 is 0 Å². The summed E-state index contributed by atoms with van der Waals surface area (Å²) in [4.78, 5) is 14.7. The first-order valence-corrected chi connectivity index (χ1v) is 11.0. The molecule has 0 bridgehead atoms. The number of fused-ring (bicyclic) bond motifs is 1. The van der Waals surface area contributed by atoms with E-state index in [0.717, 1.165) is 37.8 Å². The lowest BCUT2D eigenvalue weighted by molar-refractivity contribution is -0.149. The molecule has 0 unspecified atom stereocenters. The van der Waals surface area contributed by atoms with Crippen molar-refractivity contribution in [1.29, 1.82) is 0 Å². The normalized spacial score (nSPS) is 19.2. The van der Waals surface area contributed by atoms with Crippen LogP contribution in [0.1, 0.15) is 48.3 Å². The van der Waals surface area contributed by atoms with Crippen LogP contribution in [-0.4, -0.2) is 31.1 Å². The van der Waals surface area contributed by atoms with Gasteiger partial charge in [0.15, 0.2) is 0 Å². The molecule has 1 fully saturated rings. The maximum absolute atomic E-state index is 12.5. The van der Waals surface area contributed by atoms with E-state index >= 15 is 0 Å². The standard InChI is InChI=1S/C27H31NO2/c1-28(2)19-20-7-10-23(11-8-20)24-13-15-26(16-14-24)30-27(29)18-21-9-12-22-5-3-4-6-25(22)17-21/h3-12,17,24,26H,13-16,18-19H2,1-2H3/t24-,26-. The largest absolute Gasteiger partial charge is 0.462 e. The monoisotopic (exact) mass is 401 g/mol. The Kier molecular flexibility index (Phi) is 6.49. The Morgan fingerprint density at radius 1 is 0.867 bits per heavy atom. The van der Waals surface area contributed by atoms with Crippen molar-refractivity contribution in [3.63, 3.8) is 0 Å². The molecule has 0 atom stereocenters. The molecule has 3 aromatic carbocycles. The van der Waals surface area contributed by atoms with E-state index in [1.807, 2.05) is 18.2 Å². The van der Waals surface area contributed by atoms with Crippen LogP contribution in [-0.2, 0) is 22.5 Å². The number of nitrogens with zero attached hydrogens (tertiary/aromatic N) is 1. The zero-order chi connectivity index (χ0) is 20.9. The van der Waals surface area contributed by atoms with Crippen molar-refractivity contribution in [2.75, 3.05) is 14.1 Å². The van der Waals surface area contributed by atoms with Crippen molar-refractivity contribution >= 4 is 16.7 Å². The molecule has 0 spiro atoms. The molecule has 0 aliphatic heterocycles. The third kappa shape index (κ3) is 5.28. The van der Waals surface area contributed by atoms with E-state index in [1.54, 1.807) is 0 Å². The van der Waals surface area contributed by atoms with Gasteiger partial charge in [-0.05, 0) is 73.2 Å². The van der Waals surface area contributed by atoms with E-state index in [-0.39, 0.29) is 12.1 Å². The molecule has 4 rings (SSSR count). The first-order valence-electron chi connectivity index (χ1n) is 11.0. The summed E-state index contributed by atoms with van der Waals surface area (Å²) in [7, 11) is 4.19. The number of carbonyl (C=O) groups excluding carboxylic acids is 1. The van der Waals surface area contributed by atoms with Gasteiger partial charge in [0.2, 0.25) is 0 Å². The summed E-state index contributed by atoms with van der Waals surface area (Å²) in [5.74, 6) is 0.468. The van der Waals surface area contributed by atoms with Crippen LogP contribution >= 0.6 is 0 Å². The zero-order valence-corrected chi connectivity index (χ0v) is 18.0. The number of hydrogen-bond acceptors (Lipinski definition) is 3. The van der Waals surface area contributed by atoms with Crippen molar-refractivity contribution < 1.29 is 9.53 Å². The van der Waals surface area contributed by atoms with Crippen molar-refractivity contribution in [3.8, 4) is 0 Å². The number of rotatable bonds is 6. The molecule has 1 aliphatic rings. The molecule has 0 saturated heterocycles. The minimum Gasteiger partial charge on any atom is -0.462 e. The molecule has 0 radical (unpaired) electrons. The van der Waals surface area contributed by atoms with Gasteiger partial charge in [-0.25, -0.2) is 0 Å². The Bertz CT molecular complexity index is 985. The van der Waals surface area contributed by atoms with Crippen LogP contribution in [0.2, 0.25) is 0 Å². The smallest absolute Gasteiger partial charge is 0.310 e. The molecule has 0 heterocycles. The van der Waals surface area contributed by atoms with Gasteiger partial charge in [0.25, 0.3) is 0 Å². The maximum atomic E-state index is 12.5. The Hall–Kier alpha value is -2.65. The molecule has 0 N–H and O–H groups in total. The number of benzene rings is 3. The van der Waals surface area contributed by atoms with Gasteiger partial charge in [0.1, 0.15) is 6.10 Å². The third-order valence-electron chi connectivity index (χ3n) is 6.08. The average Bonchev–Trinajstić information content (AvgIpc) is 2.74. The van der Waals surface area contributed by atoms with E-state index < -0.39 is 0 Å². The number of carbonyl (C=O) groups is 1. The molecule has 3 nitrogen and oxygen atoms in total. The van der Waals surface area contributed by atoms with E-state index in [0.29, 0.717) is 12.3 Å². The van der Waals surface area contributed by atoms with Gasteiger partial charge in [-0.2, -0.15) is 0 Å². The quantitative estimate of drug-likeness (QED) is 0.495. The number of esters is 1. The highest BCUT2D eigenvalue weighted by Gasteiger charge is 2.25. The highest BCUT2D eigenvalue weighted by molar-refractivity contribution is 5.84. The second kappa shape index (κ2) is 9.44. The lowest BCUT2D eigenvalue weighted by atomic mass is 9.82. The SMILES string of the molecule is CN(C)Cc1ccc([C@H]2CC[C@H](OC(=O)Cc3ccc4ccccc4c3)CC2)cc1. The summed E-state index contributed by atoms with van der Waals surface area (Å²) in [5.41, 5.74) is 3.78. The van der Waals surface area contributed by atoms with Crippen LogP contribution in [0.4, 0.5) is 0 Å². The van der Waals surface area contributed by atoms with Crippen LogP contribution in [0.5, 0.6) is 0 Å². The zero-order valence-electron chi connectivity index (χ0n) is 18.0. The van der Waals surface area contributed by atoms with E-state index in [4.69, 9.17) is 4.74 Å². The molecule has 0 aromatic heterocycles. The van der Waals surface area contributed by atoms with Gasteiger partial charge in [-0.3, -0.25) is 4.79 Å². The van der Waals surface area contributed by atoms with Gasteiger partial charge < -0.3 is 9.64 Å². The highest BCUT2D eigenvalue weighted by atomic mass is 16.5. The van der Waals surface area contributed by atoms with Crippen molar-refractivity contribution in [1.82, 2.24) is 4.90 Å². The van der Waals surface area contributed by atoms with Gasteiger partial charge >= 0.3 is 5.97 Å². The lowest BCUT2D eigenvalue weighted by Crippen LogP contribution is -2.24. The first kappa shape index (κ1) is 20.6. The van der Waals surface area contributed by atoms with Gasteiger partial charge in [-0.15, -0.1) is 0 Å². The predicted octanol–water partition coefficient (Wildman–Crippen LogP) is 5.71. The fourth-order valence-corrected chi connectivity index (χ4v) is 4.52. The molecular weight excluding hydrogens is 370 g/mol. The third-order valence-corrected chi connectivity index (χ3v) is 6.08. The fraction of sp³-hybridized carbons (Fsp3) is 0.370. The second-order valence-corrected chi connectivity index (χ2v) is 8.80. The van der Waals surface area contributed by atoms with Crippen LogP contribution in [0.3, 0.4) is 0 Å². The van der Waals surface area contributed by atoms with Crippen LogP contribution in [0, 0.1) is 0 Å². The fourth-order valence-electron chi connectivity index (χ4n) is 4.52. The Balaban J connectivity index is 1.27. The van der Waals surface area contributed by atoms with E-state index in [9.17, 15) is 4.79 Å². The summed E-state index contributed by atoms with van der Waals surface area (Å²) in [5, 5.41) is 2.36.